The average Bonchev–Trinajstić information content (AvgIpc) is 3.46. The van der Waals surface area contributed by atoms with Gasteiger partial charge >= 0.3 is 5.97 Å². The predicted octanol–water partition coefficient (Wildman–Crippen LogP) is 3.64. The van der Waals surface area contributed by atoms with Gasteiger partial charge < -0.3 is 16.2 Å². The summed E-state index contributed by atoms with van der Waals surface area (Å²) in [5, 5.41) is 18.8. The lowest BCUT2D eigenvalue weighted by atomic mass is 9.78. The van der Waals surface area contributed by atoms with E-state index in [1.54, 1.807) is 12.1 Å². The number of nitrogen functional groups attached to an aromatic ring is 1. The van der Waals surface area contributed by atoms with Crippen molar-refractivity contribution >= 4 is 34.8 Å². The molecule has 1 heterocycles. The number of nitrogens with two attached hydrogens (primary N) is 1. The molecular formula is C24H28FN3O4S. The molecule has 1 aromatic carbocycles. The second kappa shape index (κ2) is 9.43. The SMILES string of the molecule is CCC(CC)(Cc1ccc(C(=O)C2(c3ccc(C(=N)N)cc3F)CC2)s1)C(=O)NCC(=O)O. The maximum atomic E-state index is 14.8. The minimum Gasteiger partial charge on any atom is -0.480 e. The van der Waals surface area contributed by atoms with Gasteiger partial charge in [0.15, 0.2) is 5.78 Å². The van der Waals surface area contributed by atoms with Crippen LogP contribution in [0.1, 0.15) is 65.2 Å². The van der Waals surface area contributed by atoms with Crippen LogP contribution in [-0.2, 0) is 21.4 Å². The van der Waals surface area contributed by atoms with Crippen LogP contribution in [0.4, 0.5) is 4.39 Å². The number of amidine groups is 1. The van der Waals surface area contributed by atoms with Crippen LogP contribution in [0.2, 0.25) is 0 Å². The number of aliphatic carboxylic acids is 1. The van der Waals surface area contributed by atoms with E-state index in [0.29, 0.717) is 42.5 Å². The summed E-state index contributed by atoms with van der Waals surface area (Å²) in [7, 11) is 0. The van der Waals surface area contributed by atoms with Crippen LogP contribution < -0.4 is 11.1 Å². The molecule has 5 N–H and O–H groups in total. The van der Waals surface area contributed by atoms with E-state index in [1.807, 2.05) is 19.9 Å². The standard InChI is InChI=1S/C24H28FN3O4S/c1-3-23(4-2,22(32)28-13-19(29)30)12-15-6-8-18(33-15)20(31)24(9-10-24)16-7-5-14(21(26)27)11-17(16)25/h5-8,11H,3-4,9-10,12-13H2,1-2H3,(H3,26,27)(H,28,32)(H,29,30). The van der Waals surface area contributed by atoms with Crippen molar-refractivity contribution in [2.75, 3.05) is 6.54 Å². The van der Waals surface area contributed by atoms with Crippen LogP contribution in [0, 0.1) is 16.6 Å². The molecule has 176 valence electrons. The molecule has 0 unspecified atom stereocenters. The second-order valence-electron chi connectivity index (χ2n) is 8.53. The first-order valence-corrected chi connectivity index (χ1v) is 11.7. The molecule has 33 heavy (non-hydrogen) atoms. The summed E-state index contributed by atoms with van der Waals surface area (Å²) in [4.78, 5) is 38.3. The first-order chi connectivity index (χ1) is 15.6. The van der Waals surface area contributed by atoms with Gasteiger partial charge in [-0.3, -0.25) is 19.8 Å². The number of rotatable bonds is 11. The van der Waals surface area contributed by atoms with E-state index in [2.05, 4.69) is 5.32 Å². The van der Waals surface area contributed by atoms with Crippen molar-refractivity contribution in [1.29, 1.82) is 5.41 Å². The number of carboxylic acids is 1. The molecule has 2 aromatic rings. The van der Waals surface area contributed by atoms with Crippen molar-refractivity contribution in [2.24, 2.45) is 11.1 Å². The van der Waals surface area contributed by atoms with Crippen molar-refractivity contribution in [2.45, 2.75) is 51.4 Å². The maximum Gasteiger partial charge on any atom is 0.322 e. The zero-order valence-corrected chi connectivity index (χ0v) is 19.5. The Balaban J connectivity index is 1.82. The molecule has 1 fully saturated rings. The third-order valence-electron chi connectivity index (χ3n) is 6.61. The molecule has 1 aromatic heterocycles. The maximum absolute atomic E-state index is 14.8. The molecule has 0 aliphatic heterocycles. The Morgan fingerprint density at radius 3 is 2.39 bits per heavy atom. The van der Waals surface area contributed by atoms with Crippen LogP contribution in [0.25, 0.3) is 0 Å². The summed E-state index contributed by atoms with van der Waals surface area (Å²) < 4.78 is 14.8. The normalized spacial score (nSPS) is 14.5. The van der Waals surface area contributed by atoms with Gasteiger partial charge in [-0.1, -0.05) is 26.0 Å². The summed E-state index contributed by atoms with van der Waals surface area (Å²) in [6.45, 7) is 3.33. The summed E-state index contributed by atoms with van der Waals surface area (Å²) in [5.74, 6) is -2.35. The number of halogens is 1. The number of carbonyl (C=O) groups is 3. The topological polar surface area (TPSA) is 133 Å². The molecular weight excluding hydrogens is 445 g/mol. The van der Waals surface area contributed by atoms with E-state index in [4.69, 9.17) is 16.2 Å². The van der Waals surface area contributed by atoms with Gasteiger partial charge in [0, 0.05) is 16.0 Å². The van der Waals surface area contributed by atoms with E-state index in [1.165, 1.54) is 23.5 Å². The van der Waals surface area contributed by atoms with Crippen LogP contribution in [0.5, 0.6) is 0 Å². The van der Waals surface area contributed by atoms with Crippen molar-refractivity contribution < 1.29 is 23.9 Å². The summed E-state index contributed by atoms with van der Waals surface area (Å²) >= 11 is 1.29. The highest BCUT2D eigenvalue weighted by Crippen LogP contribution is 2.52. The van der Waals surface area contributed by atoms with Gasteiger partial charge in [0.1, 0.15) is 18.2 Å². The molecule has 0 radical (unpaired) electrons. The third-order valence-corrected chi connectivity index (χ3v) is 7.70. The molecule has 9 heteroatoms. The van der Waals surface area contributed by atoms with Gasteiger partial charge in [-0.2, -0.15) is 0 Å². The molecule has 3 rings (SSSR count). The monoisotopic (exact) mass is 473 g/mol. The van der Waals surface area contributed by atoms with Crippen molar-refractivity contribution in [3.05, 3.63) is 57.0 Å². The predicted molar refractivity (Wildman–Crippen MR) is 124 cm³/mol. The Bertz CT molecular complexity index is 1100. The van der Waals surface area contributed by atoms with Crippen LogP contribution in [-0.4, -0.2) is 35.1 Å². The highest BCUT2D eigenvalue weighted by Gasteiger charge is 2.53. The van der Waals surface area contributed by atoms with Crippen LogP contribution in [0.15, 0.2) is 30.3 Å². The summed E-state index contributed by atoms with van der Waals surface area (Å²) in [5.41, 5.74) is 4.34. The fourth-order valence-electron chi connectivity index (χ4n) is 4.22. The number of nitrogens with one attached hydrogen (secondary N) is 2. The molecule has 1 amide bonds. The van der Waals surface area contributed by atoms with Gasteiger partial charge in [-0.15, -0.1) is 11.3 Å². The fourth-order valence-corrected chi connectivity index (χ4v) is 5.41. The number of carboxylic acid groups (broad SMARTS) is 1. The lowest BCUT2D eigenvalue weighted by Crippen LogP contribution is -2.43. The molecule has 0 spiro atoms. The number of hydrogen-bond acceptors (Lipinski definition) is 5. The van der Waals surface area contributed by atoms with Crippen LogP contribution in [0.3, 0.4) is 0 Å². The third kappa shape index (κ3) is 4.83. The van der Waals surface area contributed by atoms with Gasteiger partial charge in [-0.25, -0.2) is 4.39 Å². The first kappa shape index (κ1) is 24.6. The highest BCUT2D eigenvalue weighted by molar-refractivity contribution is 7.14. The van der Waals surface area contributed by atoms with E-state index < -0.39 is 29.2 Å². The van der Waals surface area contributed by atoms with Crippen LogP contribution >= 0.6 is 11.3 Å². The Morgan fingerprint density at radius 1 is 1.21 bits per heavy atom. The Labute approximate surface area is 195 Å². The lowest BCUT2D eigenvalue weighted by Gasteiger charge is -2.29. The molecule has 0 bridgehead atoms. The number of ketones is 1. The number of carbonyl (C=O) groups excluding carboxylic acids is 2. The van der Waals surface area contributed by atoms with Gasteiger partial charge in [-0.05, 0) is 50.3 Å². The van der Waals surface area contributed by atoms with Gasteiger partial charge in [0.25, 0.3) is 0 Å². The second-order valence-corrected chi connectivity index (χ2v) is 9.69. The highest BCUT2D eigenvalue weighted by atomic mass is 32.1. The fraction of sp³-hybridized carbons (Fsp3) is 0.417. The number of Topliss-reactive ketones (excluding diaryl/α,β-unsaturated/α-hetero) is 1. The minimum absolute atomic E-state index is 0.151. The van der Waals surface area contributed by atoms with Gasteiger partial charge in [0.2, 0.25) is 5.91 Å². The lowest BCUT2D eigenvalue weighted by molar-refractivity contribution is -0.140. The first-order valence-electron chi connectivity index (χ1n) is 10.9. The Hall–Kier alpha value is -3.07. The van der Waals surface area contributed by atoms with E-state index >= 15 is 0 Å². The average molecular weight is 474 g/mol. The minimum atomic E-state index is -1.10. The van der Waals surface area contributed by atoms with Gasteiger partial charge in [0.05, 0.1) is 15.7 Å². The molecule has 0 saturated heterocycles. The number of benzene rings is 1. The Kier molecular flexibility index (Phi) is 7.02. The largest absolute Gasteiger partial charge is 0.480 e. The molecule has 7 nitrogen and oxygen atoms in total. The summed E-state index contributed by atoms with van der Waals surface area (Å²) in [6, 6.07) is 7.82. The number of thiophene rings is 1. The van der Waals surface area contributed by atoms with Crippen molar-refractivity contribution in [1.82, 2.24) is 5.32 Å². The number of hydrogen-bond donors (Lipinski definition) is 4. The molecule has 0 atom stereocenters. The molecule has 1 aliphatic carbocycles. The van der Waals surface area contributed by atoms with Crippen molar-refractivity contribution in [3.63, 3.8) is 0 Å². The van der Waals surface area contributed by atoms with Crippen molar-refractivity contribution in [3.8, 4) is 0 Å². The zero-order valence-electron chi connectivity index (χ0n) is 18.7. The quantitative estimate of drug-likeness (QED) is 0.225. The molecule has 1 aliphatic rings. The van der Waals surface area contributed by atoms with E-state index in [9.17, 15) is 18.8 Å². The van der Waals surface area contributed by atoms with E-state index in [0.717, 1.165) is 4.88 Å². The Morgan fingerprint density at radius 2 is 1.88 bits per heavy atom. The summed E-state index contributed by atoms with van der Waals surface area (Å²) in [6.07, 6.45) is 2.52. The molecule has 1 saturated carbocycles. The van der Waals surface area contributed by atoms with E-state index in [-0.39, 0.29) is 23.1 Å². The zero-order chi connectivity index (χ0) is 24.4. The smallest absolute Gasteiger partial charge is 0.322 e. The number of amides is 1.